The third-order valence-corrected chi connectivity index (χ3v) is 4.35. The molecule has 1 aromatic rings. The maximum Gasteiger partial charge on any atom is 0.0693 e. The molecule has 98 valence electrons. The summed E-state index contributed by atoms with van der Waals surface area (Å²) in [4.78, 5) is 0. The van der Waals surface area contributed by atoms with E-state index < -0.39 is 0 Å². The number of hydrogen-bond acceptors (Lipinski definition) is 2. The molecule has 0 amide bonds. The fourth-order valence-electron chi connectivity index (χ4n) is 2.79. The molecule has 0 radical (unpaired) electrons. The van der Waals surface area contributed by atoms with Gasteiger partial charge in [-0.15, -0.1) is 0 Å². The molecule has 0 aliphatic heterocycles. The number of aryl methyl sites for hydroxylation is 1. The summed E-state index contributed by atoms with van der Waals surface area (Å²) in [5, 5.41) is 13.9. The maximum atomic E-state index is 9.56. The van der Waals surface area contributed by atoms with Crippen molar-refractivity contribution in [2.24, 2.45) is 10.8 Å². The highest BCUT2D eigenvalue weighted by molar-refractivity contribution is 5.14. The first-order valence-electron chi connectivity index (χ1n) is 6.91. The van der Waals surface area contributed by atoms with Crippen molar-refractivity contribution in [1.29, 1.82) is 5.26 Å². The molecule has 18 heavy (non-hydrogen) atoms. The van der Waals surface area contributed by atoms with Crippen LogP contribution in [-0.4, -0.2) is 9.78 Å². The summed E-state index contributed by atoms with van der Waals surface area (Å²) in [5.74, 6) is 0. The van der Waals surface area contributed by atoms with Gasteiger partial charge in [0, 0.05) is 12.7 Å². The molecule has 2 rings (SSSR count). The van der Waals surface area contributed by atoms with Crippen LogP contribution >= 0.6 is 0 Å². The van der Waals surface area contributed by atoms with Crippen LogP contribution in [0.4, 0.5) is 0 Å². The van der Waals surface area contributed by atoms with E-state index >= 15 is 0 Å². The van der Waals surface area contributed by atoms with Crippen molar-refractivity contribution in [1.82, 2.24) is 9.78 Å². The predicted octanol–water partition coefficient (Wildman–Crippen LogP) is 3.56. The highest BCUT2D eigenvalue weighted by Crippen LogP contribution is 2.46. The van der Waals surface area contributed by atoms with E-state index in [0.29, 0.717) is 5.41 Å². The molecule has 1 aliphatic carbocycles. The molecule has 3 nitrogen and oxygen atoms in total. The van der Waals surface area contributed by atoms with Crippen LogP contribution in [0.1, 0.15) is 52.0 Å². The lowest BCUT2D eigenvalue weighted by Gasteiger charge is -2.39. The fraction of sp³-hybridized carbons (Fsp3) is 0.733. The number of hydrogen-bond donors (Lipinski definition) is 0. The van der Waals surface area contributed by atoms with Crippen molar-refractivity contribution < 1.29 is 0 Å². The first kappa shape index (κ1) is 13.1. The van der Waals surface area contributed by atoms with Gasteiger partial charge in [-0.05, 0) is 50.0 Å². The minimum absolute atomic E-state index is 0.156. The Balaban J connectivity index is 2.08. The van der Waals surface area contributed by atoms with E-state index in [1.807, 2.05) is 10.9 Å². The molecule has 3 heteroatoms. The first-order chi connectivity index (χ1) is 8.49. The number of nitriles is 1. The van der Waals surface area contributed by atoms with Crippen LogP contribution in [0.15, 0.2) is 12.4 Å². The van der Waals surface area contributed by atoms with Crippen LogP contribution in [0.5, 0.6) is 0 Å². The highest BCUT2D eigenvalue weighted by atomic mass is 15.3. The van der Waals surface area contributed by atoms with Gasteiger partial charge in [0.15, 0.2) is 0 Å². The van der Waals surface area contributed by atoms with E-state index in [2.05, 4.69) is 38.1 Å². The lowest BCUT2D eigenvalue weighted by Crippen LogP contribution is -2.31. The third kappa shape index (κ3) is 2.75. The van der Waals surface area contributed by atoms with Gasteiger partial charge in [0.1, 0.15) is 0 Å². The molecule has 0 spiro atoms. The van der Waals surface area contributed by atoms with Crippen LogP contribution in [0.2, 0.25) is 0 Å². The zero-order valence-corrected chi connectivity index (χ0v) is 11.7. The standard InChI is InChI=1S/C15H23N3/c1-4-18-11-13(10-17-18)9-15(12-16)7-5-14(2,3)6-8-15/h10-11H,4-9H2,1-3H3. The van der Waals surface area contributed by atoms with Crippen LogP contribution in [0, 0.1) is 22.2 Å². The lowest BCUT2D eigenvalue weighted by molar-refractivity contribution is 0.146. The topological polar surface area (TPSA) is 41.6 Å². The second-order valence-electron chi connectivity index (χ2n) is 6.44. The summed E-state index contributed by atoms with van der Waals surface area (Å²) in [6, 6.07) is 2.59. The van der Waals surface area contributed by atoms with E-state index in [0.717, 1.165) is 38.6 Å². The Morgan fingerprint density at radius 1 is 1.33 bits per heavy atom. The molecule has 0 N–H and O–H groups in total. The quantitative estimate of drug-likeness (QED) is 0.817. The zero-order chi connectivity index (χ0) is 13.2. The summed E-state index contributed by atoms with van der Waals surface area (Å²) >= 11 is 0. The molecule has 1 aliphatic rings. The third-order valence-electron chi connectivity index (χ3n) is 4.35. The van der Waals surface area contributed by atoms with E-state index in [4.69, 9.17) is 0 Å². The smallest absolute Gasteiger partial charge is 0.0693 e. The molecule has 1 saturated carbocycles. The Morgan fingerprint density at radius 2 is 2.00 bits per heavy atom. The largest absolute Gasteiger partial charge is 0.273 e. The van der Waals surface area contributed by atoms with Gasteiger partial charge in [-0.2, -0.15) is 10.4 Å². The Morgan fingerprint density at radius 3 is 2.50 bits per heavy atom. The van der Waals surface area contributed by atoms with E-state index in [1.54, 1.807) is 0 Å². The average molecular weight is 245 g/mol. The number of nitrogens with zero attached hydrogens (tertiary/aromatic N) is 3. The van der Waals surface area contributed by atoms with Crippen molar-refractivity contribution in [3.63, 3.8) is 0 Å². The summed E-state index contributed by atoms with van der Waals surface area (Å²) in [6.45, 7) is 7.60. The zero-order valence-electron chi connectivity index (χ0n) is 11.7. The van der Waals surface area contributed by atoms with Gasteiger partial charge in [-0.1, -0.05) is 13.8 Å². The molecule has 0 saturated heterocycles. The fourth-order valence-corrected chi connectivity index (χ4v) is 2.79. The van der Waals surface area contributed by atoms with Crippen LogP contribution in [0.25, 0.3) is 0 Å². The molecule has 0 unspecified atom stereocenters. The Labute approximate surface area is 110 Å². The van der Waals surface area contributed by atoms with Crippen molar-refractivity contribution in [2.45, 2.75) is 59.4 Å². The van der Waals surface area contributed by atoms with Gasteiger partial charge in [-0.25, -0.2) is 0 Å². The molecular weight excluding hydrogens is 222 g/mol. The number of rotatable bonds is 3. The SMILES string of the molecule is CCn1cc(CC2(C#N)CCC(C)(C)CC2)cn1. The van der Waals surface area contributed by atoms with Crippen LogP contribution in [-0.2, 0) is 13.0 Å². The summed E-state index contributed by atoms with van der Waals surface area (Å²) < 4.78 is 1.94. The highest BCUT2D eigenvalue weighted by Gasteiger charge is 2.38. The normalized spacial score (nSPS) is 21.4. The van der Waals surface area contributed by atoms with Gasteiger partial charge in [0.2, 0.25) is 0 Å². The lowest BCUT2D eigenvalue weighted by atomic mass is 9.64. The monoisotopic (exact) mass is 245 g/mol. The second-order valence-corrected chi connectivity index (χ2v) is 6.44. The molecular formula is C15H23N3. The average Bonchev–Trinajstić information content (AvgIpc) is 2.80. The molecule has 0 atom stereocenters. The van der Waals surface area contributed by atoms with E-state index in [9.17, 15) is 5.26 Å². The van der Waals surface area contributed by atoms with Gasteiger partial charge in [-0.3, -0.25) is 4.68 Å². The van der Waals surface area contributed by atoms with Crippen LogP contribution in [0.3, 0.4) is 0 Å². The molecule has 1 fully saturated rings. The van der Waals surface area contributed by atoms with Crippen LogP contribution < -0.4 is 0 Å². The molecule has 0 aromatic carbocycles. The predicted molar refractivity (Wildman–Crippen MR) is 71.9 cm³/mol. The van der Waals surface area contributed by atoms with Gasteiger partial charge >= 0.3 is 0 Å². The first-order valence-corrected chi connectivity index (χ1v) is 6.91. The van der Waals surface area contributed by atoms with Crippen molar-refractivity contribution in [3.05, 3.63) is 18.0 Å². The molecule has 1 aromatic heterocycles. The van der Waals surface area contributed by atoms with Gasteiger partial charge < -0.3 is 0 Å². The second kappa shape index (κ2) is 4.76. The minimum Gasteiger partial charge on any atom is -0.273 e. The summed E-state index contributed by atoms with van der Waals surface area (Å²) in [6.07, 6.45) is 9.22. The molecule has 1 heterocycles. The Bertz CT molecular complexity index is 441. The number of aromatic nitrogens is 2. The van der Waals surface area contributed by atoms with Crippen molar-refractivity contribution in [2.75, 3.05) is 0 Å². The van der Waals surface area contributed by atoms with Gasteiger partial charge in [0.25, 0.3) is 0 Å². The molecule has 0 bridgehead atoms. The van der Waals surface area contributed by atoms with E-state index in [-0.39, 0.29) is 5.41 Å². The Kier molecular flexibility index (Phi) is 3.47. The summed E-state index contributed by atoms with van der Waals surface area (Å²) in [5.41, 5.74) is 1.46. The Hall–Kier alpha value is -1.30. The van der Waals surface area contributed by atoms with Crippen molar-refractivity contribution in [3.8, 4) is 6.07 Å². The van der Waals surface area contributed by atoms with Crippen molar-refractivity contribution >= 4 is 0 Å². The summed E-state index contributed by atoms with van der Waals surface area (Å²) in [7, 11) is 0. The van der Waals surface area contributed by atoms with Gasteiger partial charge in [0.05, 0.1) is 17.7 Å². The van der Waals surface area contributed by atoms with E-state index in [1.165, 1.54) is 5.56 Å². The maximum absolute atomic E-state index is 9.56. The minimum atomic E-state index is -0.156.